The van der Waals surface area contributed by atoms with Gasteiger partial charge in [-0.1, -0.05) is 41.6 Å². The maximum absolute atomic E-state index is 9.24. The van der Waals surface area contributed by atoms with Crippen LogP contribution in [0.25, 0.3) is 0 Å². The van der Waals surface area contributed by atoms with Crippen LogP contribution in [0.3, 0.4) is 0 Å². The Morgan fingerprint density at radius 1 is 0.900 bits per heavy atom. The quantitative estimate of drug-likeness (QED) is 0.584. The molecule has 2 aromatic carbocycles. The Bertz CT molecular complexity index is 706. The van der Waals surface area contributed by atoms with E-state index in [0.717, 1.165) is 37.1 Å². The second kappa shape index (κ2) is 4.37. The fraction of sp³-hybridized carbons (Fsp3) is 0.235. The van der Waals surface area contributed by atoms with E-state index < -0.39 is 0 Å². The van der Waals surface area contributed by atoms with E-state index in [1.54, 1.807) is 0 Å². The zero-order chi connectivity index (χ0) is 13.5. The second-order valence-corrected chi connectivity index (χ2v) is 5.39. The molecule has 4 rings (SSSR count). The van der Waals surface area contributed by atoms with Gasteiger partial charge < -0.3 is 10.1 Å². The van der Waals surface area contributed by atoms with E-state index in [9.17, 15) is 5.21 Å². The Kier molecular flexibility index (Phi) is 2.52. The van der Waals surface area contributed by atoms with E-state index in [-0.39, 0.29) is 0 Å². The van der Waals surface area contributed by atoms with Crippen LogP contribution >= 0.6 is 0 Å². The molecule has 0 atom stereocenters. The molecular formula is C17H16N2O. The van der Waals surface area contributed by atoms with Gasteiger partial charge in [0.25, 0.3) is 0 Å². The van der Waals surface area contributed by atoms with Gasteiger partial charge in [-0.15, -0.1) is 0 Å². The van der Waals surface area contributed by atoms with E-state index in [4.69, 9.17) is 0 Å². The summed E-state index contributed by atoms with van der Waals surface area (Å²) in [6.45, 7) is 0.875. The second-order valence-electron chi connectivity index (χ2n) is 5.39. The molecule has 0 amide bonds. The number of para-hydroxylation sites is 2. The van der Waals surface area contributed by atoms with Crippen molar-refractivity contribution in [2.75, 3.05) is 11.4 Å². The van der Waals surface area contributed by atoms with Gasteiger partial charge >= 0.3 is 0 Å². The minimum atomic E-state index is 0.779. The molecule has 0 radical (unpaired) electrons. The molecule has 0 saturated heterocycles. The topological polar surface area (TPSA) is 35.8 Å². The molecule has 1 N–H and O–H groups in total. The van der Waals surface area contributed by atoms with Crippen LogP contribution in [-0.2, 0) is 12.8 Å². The molecule has 2 aliphatic rings. The van der Waals surface area contributed by atoms with E-state index in [1.165, 1.54) is 22.5 Å². The summed E-state index contributed by atoms with van der Waals surface area (Å²) in [5.74, 6) is 0. The average molecular weight is 264 g/mol. The minimum absolute atomic E-state index is 0.779. The van der Waals surface area contributed by atoms with Gasteiger partial charge in [0.1, 0.15) is 0 Å². The van der Waals surface area contributed by atoms with Crippen molar-refractivity contribution in [1.82, 2.24) is 0 Å². The van der Waals surface area contributed by atoms with Gasteiger partial charge in [0.05, 0.1) is 11.4 Å². The van der Waals surface area contributed by atoms with Gasteiger partial charge in [0, 0.05) is 24.2 Å². The maximum Gasteiger partial charge on any atom is 0.0906 e. The number of oxime groups is 1. The lowest BCUT2D eigenvalue weighted by atomic mass is 9.95. The van der Waals surface area contributed by atoms with Gasteiger partial charge in [-0.3, -0.25) is 0 Å². The van der Waals surface area contributed by atoms with Gasteiger partial charge in [-0.2, -0.15) is 0 Å². The lowest BCUT2D eigenvalue weighted by molar-refractivity contribution is 0.318. The van der Waals surface area contributed by atoms with Crippen molar-refractivity contribution >= 4 is 17.1 Å². The number of anilines is 2. The molecular weight excluding hydrogens is 248 g/mol. The Morgan fingerprint density at radius 3 is 2.60 bits per heavy atom. The van der Waals surface area contributed by atoms with Crippen molar-refractivity contribution in [1.29, 1.82) is 0 Å². The highest BCUT2D eigenvalue weighted by Gasteiger charge is 2.28. The number of aryl methyl sites for hydroxylation is 2. The van der Waals surface area contributed by atoms with Crippen molar-refractivity contribution in [2.45, 2.75) is 19.3 Å². The standard InChI is InChI=1S/C17H16N2O/c20-18-15-10-11-19-16-7-2-1-4-12(16)8-9-13-5-3-6-14(15)17(13)19/h1-7,20H,8-11H2/b18-15-. The van der Waals surface area contributed by atoms with Crippen molar-refractivity contribution in [3.05, 3.63) is 59.2 Å². The first kappa shape index (κ1) is 11.5. The van der Waals surface area contributed by atoms with Crippen LogP contribution in [-0.4, -0.2) is 17.5 Å². The maximum atomic E-state index is 9.24. The molecule has 20 heavy (non-hydrogen) atoms. The first-order valence-corrected chi connectivity index (χ1v) is 7.07. The van der Waals surface area contributed by atoms with Gasteiger partial charge in [-0.25, -0.2) is 0 Å². The smallest absolute Gasteiger partial charge is 0.0906 e. The molecule has 3 nitrogen and oxygen atoms in total. The molecule has 2 heterocycles. The Balaban J connectivity index is 1.99. The number of hydrogen-bond acceptors (Lipinski definition) is 3. The highest BCUT2D eigenvalue weighted by atomic mass is 16.4. The molecule has 3 heteroatoms. The largest absolute Gasteiger partial charge is 0.411 e. The molecule has 0 aromatic heterocycles. The molecule has 0 aliphatic carbocycles. The number of rotatable bonds is 0. The van der Waals surface area contributed by atoms with E-state index in [1.807, 2.05) is 0 Å². The molecule has 100 valence electrons. The zero-order valence-corrected chi connectivity index (χ0v) is 11.2. The Hall–Kier alpha value is -2.29. The summed E-state index contributed by atoms with van der Waals surface area (Å²) < 4.78 is 0. The highest BCUT2D eigenvalue weighted by molar-refractivity contribution is 6.08. The monoisotopic (exact) mass is 264 g/mol. The molecule has 0 spiro atoms. The van der Waals surface area contributed by atoms with Gasteiger partial charge in [-0.05, 0) is 30.0 Å². The summed E-state index contributed by atoms with van der Waals surface area (Å²) in [7, 11) is 0. The molecule has 0 unspecified atom stereocenters. The number of benzene rings is 2. The van der Waals surface area contributed by atoms with Crippen LogP contribution in [0.2, 0.25) is 0 Å². The Labute approximate surface area is 118 Å². The van der Waals surface area contributed by atoms with E-state index in [2.05, 4.69) is 52.5 Å². The summed E-state index contributed by atoms with van der Waals surface area (Å²) in [6, 6.07) is 15.0. The highest BCUT2D eigenvalue weighted by Crippen LogP contribution is 2.41. The zero-order valence-electron chi connectivity index (χ0n) is 11.2. The number of fused-ring (bicyclic) bond motifs is 2. The summed E-state index contributed by atoms with van der Waals surface area (Å²) in [5.41, 5.74) is 7.16. The van der Waals surface area contributed by atoms with Crippen LogP contribution in [0, 0.1) is 0 Å². The summed E-state index contributed by atoms with van der Waals surface area (Å²) in [6.07, 6.45) is 2.88. The molecule has 2 aromatic rings. The third-order valence-corrected chi connectivity index (χ3v) is 4.34. The van der Waals surface area contributed by atoms with Gasteiger partial charge in [0.15, 0.2) is 0 Å². The first-order chi connectivity index (χ1) is 9.88. The average Bonchev–Trinajstić information content (AvgIpc) is 2.67. The predicted molar refractivity (Wildman–Crippen MR) is 80.2 cm³/mol. The van der Waals surface area contributed by atoms with Gasteiger partial charge in [0.2, 0.25) is 0 Å². The van der Waals surface area contributed by atoms with Crippen LogP contribution in [0.5, 0.6) is 0 Å². The van der Waals surface area contributed by atoms with Crippen LogP contribution in [0.15, 0.2) is 47.6 Å². The Morgan fingerprint density at radius 2 is 1.70 bits per heavy atom. The summed E-state index contributed by atoms with van der Waals surface area (Å²) >= 11 is 0. The van der Waals surface area contributed by atoms with Crippen molar-refractivity contribution in [3.63, 3.8) is 0 Å². The van der Waals surface area contributed by atoms with Crippen molar-refractivity contribution in [2.24, 2.45) is 5.16 Å². The molecule has 0 bridgehead atoms. The van der Waals surface area contributed by atoms with Crippen molar-refractivity contribution < 1.29 is 5.21 Å². The number of nitrogens with zero attached hydrogens (tertiary/aromatic N) is 2. The molecule has 2 aliphatic heterocycles. The van der Waals surface area contributed by atoms with Crippen LogP contribution in [0.1, 0.15) is 23.1 Å². The first-order valence-electron chi connectivity index (χ1n) is 7.07. The third kappa shape index (κ3) is 1.56. The number of hydrogen-bond donors (Lipinski definition) is 1. The summed E-state index contributed by atoms with van der Waals surface area (Å²) in [4.78, 5) is 2.39. The van der Waals surface area contributed by atoms with Crippen LogP contribution < -0.4 is 4.90 Å². The fourth-order valence-corrected chi connectivity index (χ4v) is 3.41. The lowest BCUT2D eigenvalue weighted by Crippen LogP contribution is -2.29. The normalized spacial score (nSPS) is 18.4. The molecule has 0 fully saturated rings. The van der Waals surface area contributed by atoms with E-state index in [0.29, 0.717) is 0 Å². The minimum Gasteiger partial charge on any atom is -0.411 e. The fourth-order valence-electron chi connectivity index (χ4n) is 3.41. The predicted octanol–water partition coefficient (Wildman–Crippen LogP) is 3.51. The van der Waals surface area contributed by atoms with Crippen LogP contribution in [0.4, 0.5) is 11.4 Å². The SMILES string of the molecule is O/N=C1/CCN2c3ccccc3CCc3cccc1c32. The molecule has 0 saturated carbocycles. The lowest BCUT2D eigenvalue weighted by Gasteiger charge is -2.33. The third-order valence-electron chi connectivity index (χ3n) is 4.34. The summed E-state index contributed by atoms with van der Waals surface area (Å²) in [5, 5.41) is 12.7. The van der Waals surface area contributed by atoms with E-state index >= 15 is 0 Å². The van der Waals surface area contributed by atoms with Crippen molar-refractivity contribution in [3.8, 4) is 0 Å².